The normalized spacial score (nSPS) is 14.0. The van der Waals surface area contributed by atoms with E-state index in [4.69, 9.17) is 32.4 Å². The first-order valence-corrected chi connectivity index (χ1v) is 9.97. The van der Waals surface area contributed by atoms with E-state index in [0.717, 1.165) is 24.1 Å². The molecular formula is C21H16Cl2F3NO3. The molecular weight excluding hydrogens is 442 g/mol. The van der Waals surface area contributed by atoms with Gasteiger partial charge in [0.15, 0.2) is 6.73 Å². The number of hydrogen-bond donors (Lipinski definition) is 0. The van der Waals surface area contributed by atoms with Gasteiger partial charge in [0.25, 0.3) is 0 Å². The predicted octanol–water partition coefficient (Wildman–Crippen LogP) is 6.43. The molecule has 9 heteroatoms. The molecule has 30 heavy (non-hydrogen) atoms. The van der Waals surface area contributed by atoms with E-state index in [1.54, 1.807) is 11.0 Å². The molecule has 158 valence electrons. The summed E-state index contributed by atoms with van der Waals surface area (Å²) in [7, 11) is 0. The van der Waals surface area contributed by atoms with Crippen LogP contribution in [0.2, 0.25) is 10.0 Å². The molecule has 0 unspecified atom stereocenters. The van der Waals surface area contributed by atoms with Gasteiger partial charge in [0.1, 0.15) is 11.3 Å². The molecule has 2 aromatic carbocycles. The molecule has 1 aliphatic rings. The van der Waals surface area contributed by atoms with E-state index in [0.29, 0.717) is 33.7 Å². The summed E-state index contributed by atoms with van der Waals surface area (Å²) in [5, 5.41) is 1.17. The maximum Gasteiger partial charge on any atom is 0.416 e. The van der Waals surface area contributed by atoms with Crippen LogP contribution in [0.15, 0.2) is 39.5 Å². The Hall–Kier alpha value is -2.38. The summed E-state index contributed by atoms with van der Waals surface area (Å²) in [6.45, 7) is 2.05. The van der Waals surface area contributed by atoms with Crippen molar-refractivity contribution in [3.63, 3.8) is 0 Å². The summed E-state index contributed by atoms with van der Waals surface area (Å²) in [6, 6.07) is 6.22. The average Bonchev–Trinajstić information content (AvgIpc) is 2.68. The largest absolute Gasteiger partial charge is 0.471 e. The van der Waals surface area contributed by atoms with Crippen molar-refractivity contribution in [1.29, 1.82) is 0 Å². The standard InChI is InChI=1S/C21H16Cl2F3NO3/c1-2-3-11-6-18(28)30-19-13(11)8-16(23)20-14(19)9-27(10-29-20)17-7-12(21(24,25)26)4-5-15(17)22/h4-8H,2-3,9-10H2,1H3. The number of halogens is 5. The summed E-state index contributed by atoms with van der Waals surface area (Å²) in [4.78, 5) is 13.7. The Labute approximate surface area is 179 Å². The van der Waals surface area contributed by atoms with E-state index in [9.17, 15) is 18.0 Å². The van der Waals surface area contributed by atoms with Crippen LogP contribution in [-0.4, -0.2) is 6.73 Å². The second-order valence-corrected chi connectivity index (χ2v) is 7.83. The van der Waals surface area contributed by atoms with Gasteiger partial charge < -0.3 is 14.1 Å². The van der Waals surface area contributed by atoms with Gasteiger partial charge in [-0.1, -0.05) is 36.5 Å². The van der Waals surface area contributed by atoms with E-state index in [1.807, 2.05) is 6.92 Å². The second kappa shape index (κ2) is 7.71. The minimum absolute atomic E-state index is 0.0574. The molecule has 0 radical (unpaired) electrons. The zero-order valence-corrected chi connectivity index (χ0v) is 17.3. The van der Waals surface area contributed by atoms with Crippen LogP contribution in [-0.2, 0) is 19.1 Å². The highest BCUT2D eigenvalue weighted by atomic mass is 35.5. The number of hydrogen-bond acceptors (Lipinski definition) is 4. The minimum atomic E-state index is -4.51. The third kappa shape index (κ3) is 3.72. The molecule has 2 heterocycles. The Morgan fingerprint density at radius 3 is 2.60 bits per heavy atom. The summed E-state index contributed by atoms with van der Waals surface area (Å²) >= 11 is 12.6. The highest BCUT2D eigenvalue weighted by Crippen LogP contribution is 2.42. The van der Waals surface area contributed by atoms with Crippen LogP contribution in [0.4, 0.5) is 18.9 Å². The summed E-state index contributed by atoms with van der Waals surface area (Å²) in [5.41, 5.74) is 0.440. The molecule has 4 rings (SSSR count). The first-order valence-electron chi connectivity index (χ1n) is 9.21. The van der Waals surface area contributed by atoms with Gasteiger partial charge in [-0.2, -0.15) is 13.2 Å². The van der Waals surface area contributed by atoms with E-state index in [1.165, 1.54) is 12.1 Å². The predicted molar refractivity (Wildman–Crippen MR) is 110 cm³/mol. The van der Waals surface area contributed by atoms with Crippen molar-refractivity contribution in [3.05, 3.63) is 67.5 Å². The Morgan fingerprint density at radius 2 is 1.90 bits per heavy atom. The molecule has 0 aliphatic carbocycles. The Morgan fingerprint density at radius 1 is 1.13 bits per heavy atom. The Bertz CT molecular complexity index is 1190. The fraction of sp³-hybridized carbons (Fsp3) is 0.286. The average molecular weight is 458 g/mol. The summed E-state index contributed by atoms with van der Waals surface area (Å²) in [6.07, 6.45) is -3.04. The lowest BCUT2D eigenvalue weighted by Gasteiger charge is -2.32. The molecule has 0 saturated carbocycles. The highest BCUT2D eigenvalue weighted by molar-refractivity contribution is 6.33. The number of rotatable bonds is 3. The van der Waals surface area contributed by atoms with Crippen LogP contribution in [0.25, 0.3) is 11.0 Å². The number of fused-ring (bicyclic) bond motifs is 3. The third-order valence-electron chi connectivity index (χ3n) is 4.97. The molecule has 0 spiro atoms. The maximum absolute atomic E-state index is 13.2. The zero-order valence-electron chi connectivity index (χ0n) is 15.8. The van der Waals surface area contributed by atoms with Crippen LogP contribution >= 0.6 is 23.2 Å². The second-order valence-electron chi connectivity index (χ2n) is 7.02. The first kappa shape index (κ1) is 20.9. The molecule has 0 saturated heterocycles. The topological polar surface area (TPSA) is 42.7 Å². The van der Waals surface area contributed by atoms with Gasteiger partial charge in [0.05, 0.1) is 33.4 Å². The third-order valence-corrected chi connectivity index (χ3v) is 5.57. The monoisotopic (exact) mass is 457 g/mol. The summed E-state index contributed by atoms with van der Waals surface area (Å²) < 4.78 is 50.7. The fourth-order valence-corrected chi connectivity index (χ4v) is 4.13. The van der Waals surface area contributed by atoms with Gasteiger partial charge >= 0.3 is 11.8 Å². The van der Waals surface area contributed by atoms with Gasteiger partial charge in [-0.25, -0.2) is 4.79 Å². The molecule has 1 aromatic heterocycles. The number of ether oxygens (including phenoxy) is 1. The number of anilines is 1. The molecule has 0 fully saturated rings. The molecule has 3 aromatic rings. The lowest BCUT2D eigenvalue weighted by Crippen LogP contribution is -2.32. The van der Waals surface area contributed by atoms with Crippen molar-refractivity contribution in [3.8, 4) is 5.75 Å². The minimum Gasteiger partial charge on any atom is -0.471 e. The summed E-state index contributed by atoms with van der Waals surface area (Å²) in [5.74, 6) is 0.348. The van der Waals surface area contributed by atoms with Crippen LogP contribution in [0.5, 0.6) is 5.75 Å². The molecule has 1 aliphatic heterocycles. The van der Waals surface area contributed by atoms with Crippen LogP contribution in [0.1, 0.15) is 30.0 Å². The molecule has 0 N–H and O–H groups in total. The van der Waals surface area contributed by atoms with Crippen molar-refractivity contribution in [2.75, 3.05) is 11.6 Å². The molecule has 0 amide bonds. The van der Waals surface area contributed by atoms with E-state index in [2.05, 4.69) is 0 Å². The van der Waals surface area contributed by atoms with E-state index in [-0.39, 0.29) is 24.0 Å². The van der Waals surface area contributed by atoms with Crippen molar-refractivity contribution in [2.24, 2.45) is 0 Å². The fourth-order valence-electron chi connectivity index (χ4n) is 3.61. The van der Waals surface area contributed by atoms with Gasteiger partial charge in [-0.15, -0.1) is 0 Å². The van der Waals surface area contributed by atoms with Crippen LogP contribution in [0.3, 0.4) is 0 Å². The zero-order chi connectivity index (χ0) is 21.6. The highest BCUT2D eigenvalue weighted by Gasteiger charge is 2.33. The number of nitrogens with zero attached hydrogens (tertiary/aromatic N) is 1. The number of alkyl halides is 3. The number of benzene rings is 2. The van der Waals surface area contributed by atoms with Gasteiger partial charge in [0.2, 0.25) is 0 Å². The Kier molecular flexibility index (Phi) is 5.36. The smallest absolute Gasteiger partial charge is 0.416 e. The van der Waals surface area contributed by atoms with Gasteiger partial charge in [-0.05, 0) is 36.2 Å². The maximum atomic E-state index is 13.2. The Balaban J connectivity index is 1.85. The van der Waals surface area contributed by atoms with Crippen LogP contribution in [0, 0.1) is 0 Å². The van der Waals surface area contributed by atoms with Crippen molar-refractivity contribution >= 4 is 39.9 Å². The van der Waals surface area contributed by atoms with Crippen molar-refractivity contribution < 1.29 is 22.3 Å². The quantitative estimate of drug-likeness (QED) is 0.425. The van der Waals surface area contributed by atoms with Crippen LogP contribution < -0.4 is 15.3 Å². The lowest BCUT2D eigenvalue weighted by atomic mass is 10.0. The van der Waals surface area contributed by atoms with E-state index >= 15 is 0 Å². The molecule has 4 nitrogen and oxygen atoms in total. The van der Waals surface area contributed by atoms with Crippen molar-refractivity contribution in [2.45, 2.75) is 32.5 Å². The SMILES string of the molecule is CCCc1cc(=O)oc2c3c(c(Cl)cc12)OCN(c1cc(C(F)(F)F)ccc1Cl)C3. The number of aryl methyl sites for hydroxylation is 1. The van der Waals surface area contributed by atoms with E-state index < -0.39 is 17.4 Å². The molecule has 0 atom stereocenters. The van der Waals surface area contributed by atoms with Gasteiger partial charge in [0, 0.05) is 11.5 Å². The van der Waals surface area contributed by atoms with Gasteiger partial charge in [-0.3, -0.25) is 0 Å². The van der Waals surface area contributed by atoms with Crippen molar-refractivity contribution in [1.82, 2.24) is 0 Å². The lowest BCUT2D eigenvalue weighted by molar-refractivity contribution is -0.137. The molecule has 0 bridgehead atoms. The first-order chi connectivity index (χ1) is 14.2.